The Balaban J connectivity index is 1.21. The number of carbonyl (C=O) groups excluding carboxylic acids is 4. The van der Waals surface area contributed by atoms with Crippen LogP contribution in [0, 0.1) is 17.3 Å². The molecule has 4 aliphatic rings. The Kier molecular flexibility index (Phi) is 11.1. The van der Waals surface area contributed by atoms with Crippen LogP contribution in [0.1, 0.15) is 72.1 Å². The monoisotopic (exact) mass is 799 g/mol. The lowest BCUT2D eigenvalue weighted by Crippen LogP contribution is -2.57. The summed E-state index contributed by atoms with van der Waals surface area (Å²) in [4.78, 5) is 64.9. The highest BCUT2D eigenvalue weighted by molar-refractivity contribution is 7.91. The van der Waals surface area contributed by atoms with Crippen molar-refractivity contribution in [2.75, 3.05) is 26.7 Å². The zero-order chi connectivity index (χ0) is 40.7. The molecule has 2 saturated carbocycles. The van der Waals surface area contributed by atoms with Crippen molar-refractivity contribution >= 4 is 44.6 Å². The normalized spacial score (nSPS) is 24.0. The molecule has 0 spiro atoms. The fourth-order valence-corrected chi connectivity index (χ4v) is 9.51. The van der Waals surface area contributed by atoms with Gasteiger partial charge in [0.25, 0.3) is 5.91 Å². The van der Waals surface area contributed by atoms with Gasteiger partial charge in [-0.05, 0) is 56.1 Å². The van der Waals surface area contributed by atoms with Crippen LogP contribution in [-0.2, 0) is 29.2 Å². The predicted molar refractivity (Wildman–Crippen MR) is 216 cm³/mol. The molecule has 1 unspecified atom stereocenters. The van der Waals surface area contributed by atoms with E-state index >= 15 is 0 Å². The van der Waals surface area contributed by atoms with Gasteiger partial charge in [0.2, 0.25) is 27.7 Å². The number of rotatable bonds is 13. The lowest BCUT2D eigenvalue weighted by molar-refractivity contribution is -0.148. The number of fused-ring (bicyclic) bond motifs is 1. The second kappa shape index (κ2) is 15.8. The molecule has 7 rings (SSSR count). The van der Waals surface area contributed by atoms with Gasteiger partial charge in [-0.25, -0.2) is 13.4 Å². The summed E-state index contributed by atoms with van der Waals surface area (Å²) in [5.41, 5.74) is -0.0157. The van der Waals surface area contributed by atoms with Crippen LogP contribution in [0.3, 0.4) is 0 Å². The molecule has 304 valence electrons. The van der Waals surface area contributed by atoms with E-state index in [1.54, 1.807) is 7.11 Å². The first kappa shape index (κ1) is 40.2. The fourth-order valence-electron chi connectivity index (χ4n) is 8.14. The maximum atomic E-state index is 14.9. The first-order valence-electron chi connectivity index (χ1n) is 19.9. The Hall–Kier alpha value is -4.98. The number of carbonyl (C=O) groups is 4. The van der Waals surface area contributed by atoms with Crippen LogP contribution in [0.25, 0.3) is 22.2 Å². The largest absolute Gasteiger partial charge is 0.497 e. The molecule has 2 N–H and O–H groups in total. The van der Waals surface area contributed by atoms with Crippen molar-refractivity contribution < 1.29 is 37.1 Å². The third kappa shape index (κ3) is 8.51. The Morgan fingerprint density at radius 2 is 1.75 bits per heavy atom. The number of sulfonamides is 1. The molecule has 3 aromatic rings. The number of pyridine rings is 1. The lowest BCUT2D eigenvalue weighted by Gasteiger charge is -2.36. The molecule has 13 nitrogen and oxygen atoms in total. The molecule has 3 heterocycles. The van der Waals surface area contributed by atoms with Crippen molar-refractivity contribution in [3.05, 3.63) is 67.3 Å². The van der Waals surface area contributed by atoms with E-state index in [9.17, 15) is 27.6 Å². The maximum absolute atomic E-state index is 14.9. The summed E-state index contributed by atoms with van der Waals surface area (Å²) in [5.74, 6) is -2.03. The predicted octanol–water partition coefficient (Wildman–Crippen LogP) is 4.99. The molecule has 5 atom stereocenters. The van der Waals surface area contributed by atoms with Gasteiger partial charge < -0.3 is 24.6 Å². The Labute approximate surface area is 334 Å². The van der Waals surface area contributed by atoms with Gasteiger partial charge in [-0.15, -0.1) is 6.58 Å². The van der Waals surface area contributed by atoms with Crippen molar-refractivity contribution in [2.45, 2.75) is 95.1 Å². The van der Waals surface area contributed by atoms with E-state index in [0.717, 1.165) is 24.8 Å². The Morgan fingerprint density at radius 1 is 1.04 bits per heavy atom. The molecule has 0 radical (unpaired) electrons. The van der Waals surface area contributed by atoms with Crippen molar-refractivity contribution in [3.63, 3.8) is 0 Å². The highest BCUT2D eigenvalue weighted by Crippen LogP contribution is 2.46. The van der Waals surface area contributed by atoms with E-state index in [1.807, 2.05) is 80.3 Å². The summed E-state index contributed by atoms with van der Waals surface area (Å²) in [6.07, 6.45) is 4.91. The number of piperidine rings is 1. The summed E-state index contributed by atoms with van der Waals surface area (Å²) in [5, 5.41) is 2.94. The van der Waals surface area contributed by atoms with Crippen molar-refractivity contribution in [3.8, 4) is 22.8 Å². The topological polar surface area (TPSA) is 164 Å². The number of amides is 4. The minimum Gasteiger partial charge on any atom is -0.497 e. The van der Waals surface area contributed by atoms with Gasteiger partial charge in [-0.1, -0.05) is 57.2 Å². The van der Waals surface area contributed by atoms with Gasteiger partial charge in [-0.3, -0.25) is 23.9 Å². The number of nitrogens with one attached hydrogen (secondary N) is 2. The zero-order valence-corrected chi connectivity index (χ0v) is 34.0. The maximum Gasteiger partial charge on any atom is 0.259 e. The molecule has 2 aliphatic carbocycles. The fraction of sp³-hybridized carbons (Fsp3) is 0.512. The highest BCUT2D eigenvalue weighted by atomic mass is 32.2. The van der Waals surface area contributed by atoms with Gasteiger partial charge in [0.15, 0.2) is 0 Å². The van der Waals surface area contributed by atoms with Crippen LogP contribution in [0.5, 0.6) is 11.5 Å². The van der Waals surface area contributed by atoms with Crippen molar-refractivity contribution in [1.82, 2.24) is 24.8 Å². The second-order valence-corrected chi connectivity index (χ2v) is 18.9. The van der Waals surface area contributed by atoms with Crippen LogP contribution >= 0.6 is 0 Å². The number of ether oxygens (including phenoxy) is 2. The number of likely N-dealkylation sites (tertiary alicyclic amines) is 2. The lowest BCUT2D eigenvalue weighted by atomic mass is 9.77. The molecule has 14 heteroatoms. The third-order valence-corrected chi connectivity index (χ3v) is 13.7. The molecule has 4 amide bonds. The first-order valence-corrected chi connectivity index (χ1v) is 21.5. The van der Waals surface area contributed by atoms with E-state index in [1.165, 1.54) is 11.0 Å². The summed E-state index contributed by atoms with van der Waals surface area (Å²) < 4.78 is 40.1. The Morgan fingerprint density at radius 3 is 2.39 bits per heavy atom. The second-order valence-electron chi connectivity index (χ2n) is 17.0. The number of benzene rings is 2. The molecular formula is C43H53N5O8S. The van der Waals surface area contributed by atoms with Crippen LogP contribution < -0.4 is 19.5 Å². The van der Waals surface area contributed by atoms with E-state index in [2.05, 4.69) is 16.6 Å². The van der Waals surface area contributed by atoms with Crippen LogP contribution in [0.4, 0.5) is 0 Å². The molecule has 2 aromatic carbocycles. The average molecular weight is 800 g/mol. The van der Waals surface area contributed by atoms with Gasteiger partial charge in [0.1, 0.15) is 29.2 Å². The minimum absolute atomic E-state index is 0.0140. The number of aromatic nitrogens is 1. The van der Waals surface area contributed by atoms with Gasteiger partial charge in [-0.2, -0.15) is 0 Å². The van der Waals surface area contributed by atoms with E-state index in [0.29, 0.717) is 54.0 Å². The molecule has 2 saturated heterocycles. The van der Waals surface area contributed by atoms with Crippen molar-refractivity contribution in [1.29, 1.82) is 0 Å². The molecule has 57 heavy (non-hydrogen) atoms. The summed E-state index contributed by atoms with van der Waals surface area (Å²) in [6.45, 7) is 10.9. The molecule has 2 aliphatic heterocycles. The van der Waals surface area contributed by atoms with Crippen LogP contribution in [0.15, 0.2) is 67.3 Å². The summed E-state index contributed by atoms with van der Waals surface area (Å²) in [6, 6.07) is 15.9. The molecular weight excluding hydrogens is 747 g/mol. The Bertz CT molecular complexity index is 2160. The molecule has 1 aromatic heterocycles. The average Bonchev–Trinajstić information content (AvgIpc) is 4.13. The minimum atomic E-state index is -3.90. The van der Waals surface area contributed by atoms with Gasteiger partial charge in [0, 0.05) is 54.9 Å². The van der Waals surface area contributed by atoms with E-state index in [4.69, 9.17) is 14.5 Å². The number of methoxy groups -OCH3 is 1. The standard InChI is InChI=1S/C43H53N5O8S/c1-6-28-25-43(28,41(52)46-57(53,54)31-16-17-31)45-39(50)36-22-30(26-48(36)40(51)33(42(2,3)4)23-38(49)47-19-11-8-12-20-47)56-37-24-34(27-13-9-7-10-14-27)44-35-21-29(55-5)15-18-32(35)37/h6-7,9-10,13-15,18,21,24,28,30-31,33,36H,1,8,11-12,16-17,19-20,22-23,25-26H2,2-5H3,(H,45,50)(H,46,52)/t28-,30-,33+,36-,43?/m1/s1. The SMILES string of the molecule is C=C[C@@H]1CC1(NC(=O)[C@H]1C[C@@H](Oc2cc(-c3ccccc3)nc3cc(OC)ccc23)CN1C(=O)[C@H](CC(=O)N1CCCCC1)C(C)(C)C)C(=O)NS(=O)(=O)C1CC1. The quantitative estimate of drug-likeness (QED) is 0.227. The highest BCUT2D eigenvalue weighted by Gasteiger charge is 2.62. The zero-order valence-electron chi connectivity index (χ0n) is 33.2. The van der Waals surface area contributed by atoms with Gasteiger partial charge in [0.05, 0.1) is 36.0 Å². The molecule has 0 bridgehead atoms. The number of nitrogens with zero attached hydrogens (tertiary/aromatic N) is 3. The van der Waals surface area contributed by atoms with E-state index in [-0.39, 0.29) is 37.6 Å². The molecule has 4 fully saturated rings. The van der Waals surface area contributed by atoms with Crippen LogP contribution in [0.2, 0.25) is 0 Å². The number of hydrogen-bond donors (Lipinski definition) is 2. The van der Waals surface area contributed by atoms with Crippen LogP contribution in [-0.4, -0.2) is 96.5 Å². The smallest absolute Gasteiger partial charge is 0.259 e. The summed E-state index contributed by atoms with van der Waals surface area (Å²) >= 11 is 0. The number of hydrogen-bond acceptors (Lipinski definition) is 9. The van der Waals surface area contributed by atoms with Gasteiger partial charge >= 0.3 is 0 Å². The third-order valence-electron chi connectivity index (χ3n) is 11.9. The first-order chi connectivity index (χ1) is 27.1. The van der Waals surface area contributed by atoms with E-state index < -0.39 is 62.0 Å². The van der Waals surface area contributed by atoms with Crippen molar-refractivity contribution in [2.24, 2.45) is 17.3 Å². The summed E-state index contributed by atoms with van der Waals surface area (Å²) in [7, 11) is -2.31.